The molecule has 5 rings (SSSR count). The fourth-order valence-electron chi connectivity index (χ4n) is 4.13. The van der Waals surface area contributed by atoms with Crippen molar-refractivity contribution in [1.29, 1.82) is 5.26 Å². The van der Waals surface area contributed by atoms with Crippen molar-refractivity contribution in [3.8, 4) is 17.5 Å². The molecule has 1 aromatic carbocycles. The topological polar surface area (TPSA) is 141 Å². The fourth-order valence-corrected chi connectivity index (χ4v) is 5.49. The molecule has 2 unspecified atom stereocenters. The number of benzene rings is 1. The zero-order valence-electron chi connectivity index (χ0n) is 16.4. The molecule has 0 fully saturated rings. The molecule has 3 aromatic heterocycles. The summed E-state index contributed by atoms with van der Waals surface area (Å²) < 4.78 is 29.8. The van der Waals surface area contributed by atoms with E-state index in [1.165, 1.54) is 23.3 Å². The SMILES string of the molecule is Cn1nccc1S(=O)(=O)NC1CC(NC#N)c2cc(-c3ncnc4[nH]ccc34)ccc21. The maximum Gasteiger partial charge on any atom is 0.258 e. The number of hydrogen-bond donors (Lipinski definition) is 3. The van der Waals surface area contributed by atoms with Gasteiger partial charge < -0.3 is 10.3 Å². The Balaban J connectivity index is 1.55. The predicted molar refractivity (Wildman–Crippen MR) is 112 cm³/mol. The maximum atomic E-state index is 12.9. The molecule has 3 heterocycles. The molecule has 0 saturated carbocycles. The highest BCUT2D eigenvalue weighted by Gasteiger charge is 2.35. The van der Waals surface area contributed by atoms with Crippen LogP contribution in [0.2, 0.25) is 0 Å². The van der Waals surface area contributed by atoms with Crippen LogP contribution >= 0.6 is 0 Å². The van der Waals surface area contributed by atoms with Crippen LogP contribution in [0.5, 0.6) is 0 Å². The van der Waals surface area contributed by atoms with Gasteiger partial charge in [-0.25, -0.2) is 23.1 Å². The number of sulfonamides is 1. The molecule has 0 amide bonds. The van der Waals surface area contributed by atoms with Crippen LogP contribution < -0.4 is 10.0 Å². The van der Waals surface area contributed by atoms with E-state index in [9.17, 15) is 13.7 Å². The van der Waals surface area contributed by atoms with Gasteiger partial charge in [0.15, 0.2) is 11.2 Å². The maximum absolute atomic E-state index is 12.9. The molecule has 11 heteroatoms. The number of nitrogens with zero attached hydrogens (tertiary/aromatic N) is 5. The number of nitriles is 1. The van der Waals surface area contributed by atoms with Crippen molar-refractivity contribution in [3.63, 3.8) is 0 Å². The van der Waals surface area contributed by atoms with Crippen LogP contribution in [0.15, 0.2) is 54.1 Å². The van der Waals surface area contributed by atoms with Crippen molar-refractivity contribution >= 4 is 21.1 Å². The van der Waals surface area contributed by atoms with E-state index in [1.54, 1.807) is 13.2 Å². The van der Waals surface area contributed by atoms with Crippen molar-refractivity contribution < 1.29 is 8.42 Å². The lowest BCUT2D eigenvalue weighted by atomic mass is 10.0. The summed E-state index contributed by atoms with van der Waals surface area (Å²) in [5.41, 5.74) is 4.05. The lowest BCUT2D eigenvalue weighted by molar-refractivity contribution is 0.511. The van der Waals surface area contributed by atoms with E-state index in [2.05, 4.69) is 30.1 Å². The first kappa shape index (κ1) is 19.2. The first-order chi connectivity index (χ1) is 15.0. The summed E-state index contributed by atoms with van der Waals surface area (Å²) in [5.74, 6) is 0. The third-order valence-corrected chi connectivity index (χ3v) is 7.07. The molecule has 156 valence electrons. The average Bonchev–Trinajstić information content (AvgIpc) is 3.47. The molecule has 1 aliphatic rings. The highest BCUT2D eigenvalue weighted by Crippen LogP contribution is 2.41. The molecule has 10 nitrogen and oxygen atoms in total. The minimum atomic E-state index is -3.78. The second-order valence-corrected chi connectivity index (χ2v) is 8.98. The zero-order chi connectivity index (χ0) is 21.6. The Labute approximate surface area is 178 Å². The first-order valence-corrected chi connectivity index (χ1v) is 11.0. The Morgan fingerprint density at radius 1 is 1.19 bits per heavy atom. The molecule has 4 aromatic rings. The summed E-state index contributed by atoms with van der Waals surface area (Å²) in [6.45, 7) is 0. The van der Waals surface area contributed by atoms with Crippen LogP contribution in [0.25, 0.3) is 22.3 Å². The normalized spacial score (nSPS) is 18.1. The Bertz CT molecular complexity index is 1430. The monoisotopic (exact) mass is 434 g/mol. The van der Waals surface area contributed by atoms with Gasteiger partial charge in [-0.15, -0.1) is 0 Å². The molecule has 0 saturated heterocycles. The Hall–Kier alpha value is -3.75. The Morgan fingerprint density at radius 2 is 2.06 bits per heavy atom. The lowest BCUT2D eigenvalue weighted by Crippen LogP contribution is -2.29. The minimum Gasteiger partial charge on any atom is -0.346 e. The molecule has 1 aliphatic carbocycles. The molecule has 2 atom stereocenters. The van der Waals surface area contributed by atoms with Crippen molar-refractivity contribution in [3.05, 3.63) is 60.2 Å². The Kier molecular flexibility index (Phi) is 4.46. The predicted octanol–water partition coefficient (Wildman–Crippen LogP) is 1.89. The summed E-state index contributed by atoms with van der Waals surface area (Å²) in [5, 5.41) is 16.9. The van der Waals surface area contributed by atoms with Gasteiger partial charge in [0.25, 0.3) is 10.0 Å². The quantitative estimate of drug-likeness (QED) is 0.322. The summed E-state index contributed by atoms with van der Waals surface area (Å²) in [6.07, 6.45) is 7.13. The van der Waals surface area contributed by atoms with E-state index in [0.29, 0.717) is 6.42 Å². The summed E-state index contributed by atoms with van der Waals surface area (Å²) in [7, 11) is -2.20. The number of nitrogens with one attached hydrogen (secondary N) is 3. The molecular weight excluding hydrogens is 416 g/mol. The van der Waals surface area contributed by atoms with Gasteiger partial charge in [0.2, 0.25) is 0 Å². The van der Waals surface area contributed by atoms with Gasteiger partial charge in [0.05, 0.1) is 17.9 Å². The van der Waals surface area contributed by atoms with Gasteiger partial charge in [-0.05, 0) is 35.7 Å². The van der Waals surface area contributed by atoms with E-state index in [4.69, 9.17) is 0 Å². The molecule has 0 spiro atoms. The second kappa shape index (κ2) is 7.19. The fraction of sp³-hybridized carbons (Fsp3) is 0.200. The smallest absolute Gasteiger partial charge is 0.258 e. The standard InChI is InChI=1S/C20H18N8O2S/c1-28-18(5-7-26-28)31(29,30)27-17-9-16(23-10-21)15-8-12(2-3-13(15)17)19-14-4-6-22-20(14)25-11-24-19/h2-8,11,16-17,23,27H,9H2,1H3,(H,22,24,25). The number of aryl methyl sites for hydroxylation is 1. The summed E-state index contributed by atoms with van der Waals surface area (Å²) in [4.78, 5) is 11.7. The van der Waals surface area contributed by atoms with Gasteiger partial charge in [0.1, 0.15) is 12.0 Å². The van der Waals surface area contributed by atoms with Crippen LogP contribution in [-0.4, -0.2) is 33.2 Å². The van der Waals surface area contributed by atoms with Crippen molar-refractivity contribution in [2.24, 2.45) is 7.05 Å². The first-order valence-electron chi connectivity index (χ1n) is 9.55. The van der Waals surface area contributed by atoms with Crippen molar-refractivity contribution in [2.45, 2.75) is 23.5 Å². The van der Waals surface area contributed by atoms with Gasteiger partial charge >= 0.3 is 0 Å². The highest BCUT2D eigenvalue weighted by atomic mass is 32.2. The molecule has 0 aliphatic heterocycles. The number of aromatic amines is 1. The Morgan fingerprint density at radius 3 is 2.84 bits per heavy atom. The number of aromatic nitrogens is 5. The molecule has 0 radical (unpaired) electrons. The number of hydrogen-bond acceptors (Lipinski definition) is 7. The largest absolute Gasteiger partial charge is 0.346 e. The average molecular weight is 434 g/mol. The number of rotatable bonds is 5. The van der Waals surface area contributed by atoms with E-state index < -0.39 is 16.1 Å². The summed E-state index contributed by atoms with van der Waals surface area (Å²) >= 11 is 0. The summed E-state index contributed by atoms with van der Waals surface area (Å²) in [6, 6.07) is 8.32. The van der Waals surface area contributed by atoms with Crippen LogP contribution in [-0.2, 0) is 17.1 Å². The molecule has 0 bridgehead atoms. The van der Waals surface area contributed by atoms with Gasteiger partial charge in [0, 0.05) is 30.2 Å². The van der Waals surface area contributed by atoms with E-state index in [1.807, 2.05) is 30.5 Å². The highest BCUT2D eigenvalue weighted by molar-refractivity contribution is 7.89. The van der Waals surface area contributed by atoms with E-state index >= 15 is 0 Å². The minimum absolute atomic E-state index is 0.0817. The van der Waals surface area contributed by atoms with Crippen molar-refractivity contribution in [2.75, 3.05) is 0 Å². The lowest BCUT2D eigenvalue weighted by Gasteiger charge is -2.15. The van der Waals surface area contributed by atoms with E-state index in [0.717, 1.165) is 33.4 Å². The third-order valence-electron chi connectivity index (χ3n) is 5.52. The van der Waals surface area contributed by atoms with Crippen LogP contribution in [0.4, 0.5) is 0 Å². The number of fused-ring (bicyclic) bond motifs is 2. The second-order valence-electron chi connectivity index (χ2n) is 7.32. The van der Waals surface area contributed by atoms with Gasteiger partial charge in [-0.1, -0.05) is 12.1 Å². The third kappa shape index (κ3) is 3.22. The zero-order valence-corrected chi connectivity index (χ0v) is 17.3. The van der Waals surface area contributed by atoms with E-state index in [-0.39, 0.29) is 11.1 Å². The molecular formula is C20H18N8O2S. The van der Waals surface area contributed by atoms with Crippen LogP contribution in [0, 0.1) is 11.5 Å². The van der Waals surface area contributed by atoms with Crippen LogP contribution in [0.1, 0.15) is 29.6 Å². The van der Waals surface area contributed by atoms with Gasteiger partial charge in [-0.2, -0.15) is 10.4 Å². The number of H-pyrrole nitrogens is 1. The van der Waals surface area contributed by atoms with Gasteiger partial charge in [-0.3, -0.25) is 4.68 Å². The van der Waals surface area contributed by atoms with Crippen LogP contribution in [0.3, 0.4) is 0 Å². The molecule has 3 N–H and O–H groups in total. The molecule has 31 heavy (non-hydrogen) atoms. The van der Waals surface area contributed by atoms with Crippen molar-refractivity contribution in [1.82, 2.24) is 34.8 Å².